The Hall–Kier alpha value is -2.47. The Bertz CT molecular complexity index is 883. The summed E-state index contributed by atoms with van der Waals surface area (Å²) in [5.74, 6) is 0.803. The van der Waals surface area contributed by atoms with E-state index in [0.717, 1.165) is 25.8 Å². The summed E-state index contributed by atoms with van der Waals surface area (Å²) >= 11 is 5.88. The minimum Gasteiger partial charge on any atom is -0.332 e. The van der Waals surface area contributed by atoms with Crippen molar-refractivity contribution in [3.8, 4) is 0 Å². The van der Waals surface area contributed by atoms with Gasteiger partial charge < -0.3 is 10.2 Å². The predicted molar refractivity (Wildman–Crippen MR) is 114 cm³/mol. The molecule has 0 aliphatic carbocycles. The van der Waals surface area contributed by atoms with Crippen LogP contribution in [0.1, 0.15) is 67.4 Å². The van der Waals surface area contributed by atoms with Gasteiger partial charge in [0.2, 0.25) is 5.91 Å². The second kappa shape index (κ2) is 9.35. The molecule has 2 heterocycles. The van der Waals surface area contributed by atoms with Crippen LogP contribution in [0.3, 0.4) is 0 Å². The summed E-state index contributed by atoms with van der Waals surface area (Å²) < 4.78 is 0. The number of aromatic nitrogens is 2. The predicted octanol–water partition coefficient (Wildman–Crippen LogP) is 4.79. The molecule has 154 valence electrons. The van der Waals surface area contributed by atoms with Crippen LogP contribution in [0.25, 0.3) is 0 Å². The van der Waals surface area contributed by atoms with Crippen LogP contribution >= 0.6 is 11.6 Å². The van der Waals surface area contributed by atoms with Gasteiger partial charge in [0, 0.05) is 29.9 Å². The van der Waals surface area contributed by atoms with Gasteiger partial charge in [-0.1, -0.05) is 25.4 Å². The molecule has 1 saturated heterocycles. The van der Waals surface area contributed by atoms with Crippen LogP contribution in [-0.4, -0.2) is 33.2 Å². The summed E-state index contributed by atoms with van der Waals surface area (Å²) in [6, 6.07) is 6.79. The van der Waals surface area contributed by atoms with Gasteiger partial charge in [-0.25, -0.2) is 9.97 Å². The van der Waals surface area contributed by atoms with E-state index in [1.807, 2.05) is 18.7 Å². The number of carbonyl (C=O) groups excluding carboxylic acids is 2. The fourth-order valence-corrected chi connectivity index (χ4v) is 3.69. The Labute approximate surface area is 176 Å². The van der Waals surface area contributed by atoms with Gasteiger partial charge in [-0.3, -0.25) is 9.59 Å². The van der Waals surface area contributed by atoms with Crippen LogP contribution < -0.4 is 5.32 Å². The first-order chi connectivity index (χ1) is 13.8. The third kappa shape index (κ3) is 5.32. The Morgan fingerprint density at radius 1 is 1.24 bits per heavy atom. The second-order valence-electron chi connectivity index (χ2n) is 7.88. The zero-order chi connectivity index (χ0) is 21.0. The van der Waals surface area contributed by atoms with Crippen molar-refractivity contribution in [1.29, 1.82) is 0 Å². The average molecular weight is 415 g/mol. The van der Waals surface area contributed by atoms with Crippen LogP contribution in [0.4, 0.5) is 5.69 Å². The molecule has 1 fully saturated rings. The summed E-state index contributed by atoms with van der Waals surface area (Å²) in [4.78, 5) is 36.3. The van der Waals surface area contributed by atoms with Crippen molar-refractivity contribution in [1.82, 2.24) is 14.9 Å². The maximum atomic E-state index is 12.7. The van der Waals surface area contributed by atoms with Crippen molar-refractivity contribution in [3.05, 3.63) is 52.6 Å². The molecule has 1 aliphatic rings. The number of nitrogens with zero attached hydrogens (tertiary/aromatic N) is 3. The molecule has 7 heteroatoms. The van der Waals surface area contributed by atoms with Crippen molar-refractivity contribution >= 4 is 29.1 Å². The summed E-state index contributed by atoms with van der Waals surface area (Å²) in [5.41, 5.74) is 1.67. The monoisotopic (exact) mass is 414 g/mol. The lowest BCUT2D eigenvalue weighted by Crippen LogP contribution is -2.39. The number of carbonyl (C=O) groups is 2. The summed E-state index contributed by atoms with van der Waals surface area (Å²) in [5, 5.41) is 3.44. The molecule has 0 saturated carbocycles. The van der Waals surface area contributed by atoms with Crippen LogP contribution in [0.5, 0.6) is 0 Å². The molecule has 0 bridgehead atoms. The van der Waals surface area contributed by atoms with Crippen molar-refractivity contribution in [2.24, 2.45) is 5.92 Å². The highest BCUT2D eigenvalue weighted by atomic mass is 35.5. The number of likely N-dealkylation sites (tertiary alicyclic amines) is 1. The maximum absolute atomic E-state index is 12.7. The zero-order valence-electron chi connectivity index (χ0n) is 17.1. The second-order valence-corrected chi connectivity index (χ2v) is 8.32. The lowest BCUT2D eigenvalue weighted by molar-refractivity contribution is -0.136. The topological polar surface area (TPSA) is 75.2 Å². The van der Waals surface area contributed by atoms with E-state index >= 15 is 0 Å². The van der Waals surface area contributed by atoms with Gasteiger partial charge in [-0.2, -0.15) is 0 Å². The van der Waals surface area contributed by atoms with Crippen molar-refractivity contribution in [3.63, 3.8) is 0 Å². The molecule has 6 nitrogen and oxygen atoms in total. The first kappa shape index (κ1) is 21.2. The van der Waals surface area contributed by atoms with E-state index in [0.29, 0.717) is 40.1 Å². The van der Waals surface area contributed by atoms with E-state index in [2.05, 4.69) is 15.3 Å². The fourth-order valence-electron chi connectivity index (χ4n) is 3.57. The lowest BCUT2D eigenvalue weighted by atomic mass is 9.99. The molecule has 1 N–H and O–H groups in total. The number of hydrogen-bond donors (Lipinski definition) is 1. The van der Waals surface area contributed by atoms with Crippen molar-refractivity contribution in [2.75, 3.05) is 11.9 Å². The first-order valence-electron chi connectivity index (χ1n) is 10.0. The molecule has 0 radical (unpaired) electrons. The lowest BCUT2D eigenvalue weighted by Gasteiger charge is -2.35. The van der Waals surface area contributed by atoms with E-state index in [-0.39, 0.29) is 17.9 Å². The number of benzene rings is 1. The Morgan fingerprint density at radius 3 is 2.62 bits per heavy atom. The third-order valence-corrected chi connectivity index (χ3v) is 5.30. The third-order valence-electron chi connectivity index (χ3n) is 5.05. The van der Waals surface area contributed by atoms with E-state index in [4.69, 9.17) is 11.6 Å². The molecule has 1 aromatic carbocycles. The number of piperidine rings is 1. The number of amides is 2. The summed E-state index contributed by atoms with van der Waals surface area (Å²) in [7, 11) is 0. The number of hydrogen-bond acceptors (Lipinski definition) is 4. The molecule has 1 aromatic heterocycles. The van der Waals surface area contributed by atoms with Gasteiger partial charge in [0.15, 0.2) is 5.82 Å². The Kier molecular flexibility index (Phi) is 6.85. The zero-order valence-corrected chi connectivity index (χ0v) is 17.9. The quantitative estimate of drug-likeness (QED) is 0.763. The number of nitrogens with one attached hydrogen (secondary N) is 1. The van der Waals surface area contributed by atoms with Crippen molar-refractivity contribution < 1.29 is 9.59 Å². The largest absolute Gasteiger partial charge is 0.332 e. The van der Waals surface area contributed by atoms with Gasteiger partial charge in [0.25, 0.3) is 5.91 Å². The Morgan fingerprint density at radius 2 is 1.97 bits per heavy atom. The van der Waals surface area contributed by atoms with Crippen LogP contribution in [0.15, 0.2) is 30.5 Å². The molecule has 0 unspecified atom stereocenters. The smallest absolute Gasteiger partial charge is 0.259 e. The van der Waals surface area contributed by atoms with Gasteiger partial charge >= 0.3 is 0 Å². The highest BCUT2D eigenvalue weighted by molar-refractivity contribution is 6.30. The average Bonchev–Trinajstić information content (AvgIpc) is 2.69. The van der Waals surface area contributed by atoms with E-state index in [9.17, 15) is 9.59 Å². The standard InChI is InChI=1S/C22H27ClN4O2/c1-14(2)12-20(28)27-11-5-4-6-19(27)21-24-13-18(15(3)25-21)22(29)26-17-9-7-16(23)8-10-17/h7-10,13-14,19H,4-6,11-12H2,1-3H3,(H,26,29)/t19-/m1/s1. The highest BCUT2D eigenvalue weighted by Gasteiger charge is 2.30. The molecule has 3 rings (SSSR count). The van der Waals surface area contributed by atoms with E-state index in [1.54, 1.807) is 37.4 Å². The van der Waals surface area contributed by atoms with Gasteiger partial charge in [-0.05, 0) is 56.4 Å². The first-order valence-corrected chi connectivity index (χ1v) is 10.4. The SMILES string of the molecule is Cc1nc([C@H]2CCCCN2C(=O)CC(C)C)ncc1C(=O)Nc1ccc(Cl)cc1. The molecule has 29 heavy (non-hydrogen) atoms. The van der Waals surface area contributed by atoms with Gasteiger partial charge in [0.05, 0.1) is 17.3 Å². The molecular weight excluding hydrogens is 388 g/mol. The van der Waals surface area contributed by atoms with Crippen LogP contribution in [0, 0.1) is 12.8 Å². The number of anilines is 1. The normalized spacial score (nSPS) is 16.7. The molecule has 2 amide bonds. The minimum atomic E-state index is -0.271. The summed E-state index contributed by atoms with van der Waals surface area (Å²) in [6.07, 6.45) is 4.97. The molecule has 2 aromatic rings. The van der Waals surface area contributed by atoms with E-state index in [1.165, 1.54) is 0 Å². The molecule has 1 aliphatic heterocycles. The minimum absolute atomic E-state index is 0.123. The van der Waals surface area contributed by atoms with Crippen LogP contribution in [-0.2, 0) is 4.79 Å². The maximum Gasteiger partial charge on any atom is 0.259 e. The Balaban J connectivity index is 1.77. The van der Waals surface area contributed by atoms with Crippen LogP contribution in [0.2, 0.25) is 5.02 Å². The van der Waals surface area contributed by atoms with Gasteiger partial charge in [0.1, 0.15) is 0 Å². The van der Waals surface area contributed by atoms with Crippen molar-refractivity contribution in [2.45, 2.75) is 52.5 Å². The molecule has 0 spiro atoms. The number of aryl methyl sites for hydroxylation is 1. The number of rotatable bonds is 5. The molecule has 1 atom stereocenters. The molecular formula is C22H27ClN4O2. The fraction of sp³-hybridized carbons (Fsp3) is 0.455. The highest BCUT2D eigenvalue weighted by Crippen LogP contribution is 2.30. The number of halogens is 1. The van der Waals surface area contributed by atoms with E-state index < -0.39 is 0 Å². The summed E-state index contributed by atoms with van der Waals surface area (Å²) in [6.45, 7) is 6.62. The van der Waals surface area contributed by atoms with Gasteiger partial charge in [-0.15, -0.1) is 0 Å².